The largest absolute Gasteiger partial charge is 0.353 e. The van der Waals surface area contributed by atoms with Crippen LogP contribution in [0.4, 0.5) is 5.82 Å². The summed E-state index contributed by atoms with van der Waals surface area (Å²) >= 11 is 6.19. The van der Waals surface area contributed by atoms with Crippen LogP contribution in [0.3, 0.4) is 0 Å². The first kappa shape index (κ1) is 24.0. The van der Waals surface area contributed by atoms with Crippen molar-refractivity contribution >= 4 is 23.3 Å². The summed E-state index contributed by atoms with van der Waals surface area (Å²) in [5.41, 5.74) is 3.67. The van der Waals surface area contributed by atoms with Gasteiger partial charge >= 0.3 is 0 Å². The van der Waals surface area contributed by atoms with E-state index in [-0.39, 0.29) is 11.8 Å². The van der Waals surface area contributed by atoms with Crippen LogP contribution in [-0.2, 0) is 17.6 Å². The second-order valence-corrected chi connectivity index (χ2v) is 10.0. The summed E-state index contributed by atoms with van der Waals surface area (Å²) in [6.07, 6.45) is 5.75. The zero-order chi connectivity index (χ0) is 23.4. The molecule has 0 bridgehead atoms. The van der Waals surface area contributed by atoms with Crippen LogP contribution in [0.15, 0.2) is 30.6 Å². The Kier molecular flexibility index (Phi) is 7.86. The Balaban J connectivity index is 1.43. The first-order chi connectivity index (χ1) is 16.0. The average molecular weight is 470 g/mol. The molecule has 1 aliphatic carbocycles. The van der Waals surface area contributed by atoms with Gasteiger partial charge in [-0.05, 0) is 49.3 Å². The maximum atomic E-state index is 13.5. The Bertz CT molecular complexity index is 957. The summed E-state index contributed by atoms with van der Waals surface area (Å²) in [4.78, 5) is 27.1. The van der Waals surface area contributed by atoms with Crippen LogP contribution >= 0.6 is 11.6 Å². The number of fused-ring (bicyclic) bond motifs is 1. The molecular formula is C26H36ClN5O. The van der Waals surface area contributed by atoms with Crippen molar-refractivity contribution in [3.8, 4) is 0 Å². The fourth-order valence-electron chi connectivity index (χ4n) is 5.12. The van der Waals surface area contributed by atoms with Gasteiger partial charge in [0, 0.05) is 55.0 Å². The van der Waals surface area contributed by atoms with E-state index in [0.717, 1.165) is 50.4 Å². The molecule has 2 heterocycles. The van der Waals surface area contributed by atoms with Gasteiger partial charge in [-0.1, -0.05) is 44.5 Å². The molecule has 0 saturated carbocycles. The van der Waals surface area contributed by atoms with Gasteiger partial charge in [-0.15, -0.1) is 0 Å². The van der Waals surface area contributed by atoms with Crippen molar-refractivity contribution in [3.05, 3.63) is 52.4 Å². The molecule has 7 heteroatoms. The Morgan fingerprint density at radius 1 is 1.21 bits per heavy atom. The number of carbonyl (C=O) groups excluding carboxylic acids is 1. The van der Waals surface area contributed by atoms with E-state index in [1.165, 1.54) is 17.7 Å². The van der Waals surface area contributed by atoms with Gasteiger partial charge in [-0.2, -0.15) is 0 Å². The second-order valence-electron chi connectivity index (χ2n) is 9.61. The summed E-state index contributed by atoms with van der Waals surface area (Å²) in [5, 5.41) is 4.18. The van der Waals surface area contributed by atoms with Crippen molar-refractivity contribution in [3.63, 3.8) is 0 Å². The van der Waals surface area contributed by atoms with Crippen molar-refractivity contribution < 1.29 is 4.79 Å². The van der Waals surface area contributed by atoms with Crippen LogP contribution in [0.2, 0.25) is 5.02 Å². The molecule has 0 unspecified atom stereocenters. The summed E-state index contributed by atoms with van der Waals surface area (Å²) in [7, 11) is 0. The van der Waals surface area contributed by atoms with Crippen molar-refractivity contribution in [1.82, 2.24) is 20.2 Å². The summed E-state index contributed by atoms with van der Waals surface area (Å²) < 4.78 is 0. The van der Waals surface area contributed by atoms with Gasteiger partial charge in [0.05, 0.1) is 5.92 Å². The summed E-state index contributed by atoms with van der Waals surface area (Å²) in [5.74, 6) is 1.76. The van der Waals surface area contributed by atoms with Crippen LogP contribution in [-0.4, -0.2) is 59.5 Å². The molecule has 2 aliphatic rings. The predicted octanol–water partition coefficient (Wildman–Crippen LogP) is 4.08. The molecule has 0 radical (unpaired) electrons. The van der Waals surface area contributed by atoms with Gasteiger partial charge < -0.3 is 15.1 Å². The van der Waals surface area contributed by atoms with Crippen molar-refractivity contribution in [2.24, 2.45) is 5.92 Å². The molecule has 1 saturated heterocycles. The third kappa shape index (κ3) is 5.67. The number of hydrogen-bond acceptors (Lipinski definition) is 5. The lowest BCUT2D eigenvalue weighted by Crippen LogP contribution is -2.52. The van der Waals surface area contributed by atoms with Crippen molar-refractivity contribution in [2.75, 3.05) is 37.6 Å². The second kappa shape index (κ2) is 10.8. The van der Waals surface area contributed by atoms with E-state index in [4.69, 9.17) is 11.6 Å². The van der Waals surface area contributed by atoms with Gasteiger partial charge in [-0.25, -0.2) is 9.97 Å². The number of carbonyl (C=O) groups is 1. The number of aromatic nitrogens is 2. The molecule has 1 fully saturated rings. The van der Waals surface area contributed by atoms with E-state index in [1.807, 2.05) is 23.1 Å². The Morgan fingerprint density at radius 2 is 2.00 bits per heavy atom. The number of nitrogens with one attached hydrogen (secondary N) is 1. The number of hydrogen-bond donors (Lipinski definition) is 1. The SMILES string of the molecule is CC[C@H]1CCc2ncnc(N3CCN(C(=O)[C@H](CNC(C)C)Cc4cccc(Cl)c4)CC3)c21. The van der Waals surface area contributed by atoms with E-state index >= 15 is 0 Å². The number of benzene rings is 1. The molecule has 1 N–H and O–H groups in total. The van der Waals surface area contributed by atoms with Crippen LogP contribution in [0, 0.1) is 5.92 Å². The lowest BCUT2D eigenvalue weighted by Gasteiger charge is -2.38. The van der Waals surface area contributed by atoms with Crippen LogP contribution in [0.1, 0.15) is 56.4 Å². The predicted molar refractivity (Wildman–Crippen MR) is 134 cm³/mol. The lowest BCUT2D eigenvalue weighted by molar-refractivity contribution is -0.135. The van der Waals surface area contributed by atoms with Gasteiger partial charge in [0.2, 0.25) is 5.91 Å². The topological polar surface area (TPSA) is 61.4 Å². The lowest BCUT2D eigenvalue weighted by atomic mass is 9.97. The fraction of sp³-hybridized carbons (Fsp3) is 0.577. The zero-order valence-corrected chi connectivity index (χ0v) is 20.8. The normalized spacial score (nSPS) is 19.1. The van der Waals surface area contributed by atoms with Crippen LogP contribution in [0.25, 0.3) is 0 Å². The highest BCUT2D eigenvalue weighted by atomic mass is 35.5. The maximum absolute atomic E-state index is 13.5. The van der Waals surface area contributed by atoms with Crippen LogP contribution in [0.5, 0.6) is 0 Å². The first-order valence-corrected chi connectivity index (χ1v) is 12.7. The van der Waals surface area contributed by atoms with Gasteiger partial charge in [0.25, 0.3) is 0 Å². The molecule has 2 atom stereocenters. The molecule has 1 amide bonds. The number of nitrogens with zero attached hydrogens (tertiary/aromatic N) is 4. The summed E-state index contributed by atoms with van der Waals surface area (Å²) in [6, 6.07) is 8.19. The minimum absolute atomic E-state index is 0.106. The van der Waals surface area contributed by atoms with E-state index in [9.17, 15) is 4.79 Å². The molecule has 4 rings (SSSR count). The van der Waals surface area contributed by atoms with Crippen molar-refractivity contribution in [1.29, 1.82) is 0 Å². The summed E-state index contributed by atoms with van der Waals surface area (Å²) in [6.45, 7) is 10.2. The molecular weight excluding hydrogens is 434 g/mol. The number of piperazine rings is 1. The van der Waals surface area contributed by atoms with E-state index in [2.05, 4.69) is 47.0 Å². The molecule has 1 aromatic carbocycles. The third-order valence-electron chi connectivity index (χ3n) is 6.96. The van der Waals surface area contributed by atoms with E-state index in [0.29, 0.717) is 29.9 Å². The van der Waals surface area contributed by atoms with E-state index < -0.39 is 0 Å². The number of aryl methyl sites for hydroxylation is 1. The van der Waals surface area contributed by atoms with Crippen LogP contribution < -0.4 is 10.2 Å². The number of rotatable bonds is 8. The highest BCUT2D eigenvalue weighted by Gasteiger charge is 2.32. The number of halogens is 1. The molecule has 2 aromatic rings. The van der Waals surface area contributed by atoms with Gasteiger partial charge in [0.15, 0.2) is 0 Å². The highest BCUT2D eigenvalue weighted by molar-refractivity contribution is 6.30. The van der Waals surface area contributed by atoms with E-state index in [1.54, 1.807) is 6.33 Å². The average Bonchev–Trinajstić information content (AvgIpc) is 3.25. The molecule has 6 nitrogen and oxygen atoms in total. The quantitative estimate of drug-likeness (QED) is 0.631. The molecule has 1 aromatic heterocycles. The Hall–Kier alpha value is -2.18. The third-order valence-corrected chi connectivity index (χ3v) is 7.19. The number of anilines is 1. The fourth-order valence-corrected chi connectivity index (χ4v) is 5.34. The van der Waals surface area contributed by atoms with Gasteiger partial charge in [-0.3, -0.25) is 4.79 Å². The minimum atomic E-state index is -0.106. The minimum Gasteiger partial charge on any atom is -0.353 e. The smallest absolute Gasteiger partial charge is 0.227 e. The Morgan fingerprint density at radius 3 is 2.70 bits per heavy atom. The molecule has 0 spiro atoms. The van der Waals surface area contributed by atoms with Crippen molar-refractivity contribution in [2.45, 2.75) is 58.4 Å². The Labute approximate surface area is 202 Å². The highest BCUT2D eigenvalue weighted by Crippen LogP contribution is 2.39. The molecule has 1 aliphatic heterocycles. The maximum Gasteiger partial charge on any atom is 0.227 e. The standard InChI is InChI=1S/C26H36ClN5O/c1-4-20-8-9-23-24(20)25(30-17-29-23)31-10-12-32(13-11-31)26(33)21(16-28-18(2)3)14-19-6-5-7-22(27)15-19/h5-7,15,17-18,20-21,28H,4,8-14,16H2,1-3H3/t20-,21-/m0/s1. The first-order valence-electron chi connectivity index (χ1n) is 12.3. The number of amides is 1. The molecule has 178 valence electrons. The van der Waals surface area contributed by atoms with Gasteiger partial charge in [0.1, 0.15) is 12.1 Å². The molecule has 33 heavy (non-hydrogen) atoms. The zero-order valence-electron chi connectivity index (χ0n) is 20.1. The monoisotopic (exact) mass is 469 g/mol.